The second-order valence-corrected chi connectivity index (χ2v) is 2.73. The first-order valence-electron chi connectivity index (χ1n) is 3.88. The first kappa shape index (κ1) is 9.60. The minimum Gasteiger partial charge on any atom is -0.481 e. The Morgan fingerprint density at radius 1 is 1.62 bits per heavy atom. The van der Waals surface area contributed by atoms with Crippen molar-refractivity contribution in [2.75, 3.05) is 6.54 Å². The molecule has 0 radical (unpaired) electrons. The standard InChI is InChI=1S/C8H11N3O2/c1-5-2-3-7(11-10-5)6(4-9)8(12)13/h2-3,6H,4,9H2,1H3,(H,12,13). The molecular weight excluding hydrogens is 170 g/mol. The molecule has 0 fully saturated rings. The number of carboxylic acids is 1. The maximum absolute atomic E-state index is 10.7. The van der Waals surface area contributed by atoms with Crippen molar-refractivity contribution in [3.63, 3.8) is 0 Å². The molecule has 0 saturated heterocycles. The smallest absolute Gasteiger partial charge is 0.313 e. The summed E-state index contributed by atoms with van der Waals surface area (Å²) in [6, 6.07) is 3.35. The lowest BCUT2D eigenvalue weighted by atomic mass is 10.1. The predicted octanol–water partition coefficient (Wildman–Crippen LogP) is -0.0881. The van der Waals surface area contributed by atoms with E-state index in [0.29, 0.717) is 5.69 Å². The molecule has 1 atom stereocenters. The molecule has 1 aromatic heterocycles. The first-order chi connectivity index (χ1) is 6.15. The highest BCUT2D eigenvalue weighted by Gasteiger charge is 2.19. The average Bonchev–Trinajstić information content (AvgIpc) is 2.09. The monoisotopic (exact) mass is 181 g/mol. The van der Waals surface area contributed by atoms with Crippen LogP contribution >= 0.6 is 0 Å². The fraction of sp³-hybridized carbons (Fsp3) is 0.375. The van der Waals surface area contributed by atoms with Crippen LogP contribution in [0.5, 0.6) is 0 Å². The maximum atomic E-state index is 10.7. The van der Waals surface area contributed by atoms with Crippen LogP contribution in [-0.4, -0.2) is 27.8 Å². The molecule has 0 amide bonds. The second kappa shape index (κ2) is 3.95. The van der Waals surface area contributed by atoms with Crippen LogP contribution in [0.2, 0.25) is 0 Å². The SMILES string of the molecule is Cc1ccc(C(CN)C(=O)O)nn1. The van der Waals surface area contributed by atoms with Crippen molar-refractivity contribution in [3.05, 3.63) is 23.5 Å². The average molecular weight is 181 g/mol. The van der Waals surface area contributed by atoms with Gasteiger partial charge in [0.05, 0.1) is 11.4 Å². The lowest BCUT2D eigenvalue weighted by molar-refractivity contribution is -0.138. The third kappa shape index (κ3) is 2.22. The Morgan fingerprint density at radius 3 is 2.69 bits per heavy atom. The molecule has 1 heterocycles. The van der Waals surface area contributed by atoms with Crippen molar-refractivity contribution in [1.29, 1.82) is 0 Å². The highest BCUT2D eigenvalue weighted by Crippen LogP contribution is 2.10. The molecule has 5 nitrogen and oxygen atoms in total. The summed E-state index contributed by atoms with van der Waals surface area (Å²) >= 11 is 0. The second-order valence-electron chi connectivity index (χ2n) is 2.73. The predicted molar refractivity (Wildman–Crippen MR) is 46.2 cm³/mol. The molecule has 3 N–H and O–H groups in total. The van der Waals surface area contributed by atoms with Crippen molar-refractivity contribution in [2.45, 2.75) is 12.8 Å². The Bertz CT molecular complexity index is 297. The van der Waals surface area contributed by atoms with Gasteiger partial charge in [-0.05, 0) is 19.1 Å². The number of hydrogen-bond acceptors (Lipinski definition) is 4. The molecule has 1 rings (SSSR count). The highest BCUT2D eigenvalue weighted by atomic mass is 16.4. The van der Waals surface area contributed by atoms with Crippen LogP contribution in [0, 0.1) is 6.92 Å². The number of aryl methyl sites for hydroxylation is 1. The number of hydrogen-bond donors (Lipinski definition) is 2. The van der Waals surface area contributed by atoms with Crippen LogP contribution in [-0.2, 0) is 4.79 Å². The van der Waals surface area contributed by atoms with Gasteiger partial charge in [0.1, 0.15) is 5.92 Å². The largest absolute Gasteiger partial charge is 0.481 e. The van der Waals surface area contributed by atoms with E-state index < -0.39 is 11.9 Å². The molecular formula is C8H11N3O2. The first-order valence-corrected chi connectivity index (χ1v) is 3.88. The van der Waals surface area contributed by atoms with Crippen molar-refractivity contribution < 1.29 is 9.90 Å². The minimum absolute atomic E-state index is 0.0348. The van der Waals surface area contributed by atoms with Crippen molar-refractivity contribution in [3.8, 4) is 0 Å². The van der Waals surface area contributed by atoms with E-state index >= 15 is 0 Å². The van der Waals surface area contributed by atoms with Gasteiger partial charge in [-0.15, -0.1) is 0 Å². The summed E-state index contributed by atoms with van der Waals surface area (Å²) in [5, 5.41) is 16.3. The summed E-state index contributed by atoms with van der Waals surface area (Å²) in [5.74, 6) is -1.73. The summed E-state index contributed by atoms with van der Waals surface area (Å²) in [5.41, 5.74) is 6.45. The van der Waals surface area contributed by atoms with Crippen LogP contribution in [0.1, 0.15) is 17.3 Å². The topological polar surface area (TPSA) is 89.1 Å². The molecule has 1 unspecified atom stereocenters. The number of rotatable bonds is 3. The Kier molecular flexibility index (Phi) is 2.92. The summed E-state index contributed by atoms with van der Waals surface area (Å²) < 4.78 is 0. The van der Waals surface area contributed by atoms with Crippen LogP contribution < -0.4 is 5.73 Å². The summed E-state index contributed by atoms with van der Waals surface area (Å²) in [6.07, 6.45) is 0. The Balaban J connectivity index is 2.92. The van der Waals surface area contributed by atoms with E-state index in [9.17, 15) is 4.79 Å². The number of aliphatic carboxylic acids is 1. The lowest BCUT2D eigenvalue weighted by Crippen LogP contribution is -2.22. The third-order valence-electron chi connectivity index (χ3n) is 1.71. The van der Waals surface area contributed by atoms with Crippen LogP contribution in [0.25, 0.3) is 0 Å². The number of nitrogens with zero attached hydrogens (tertiary/aromatic N) is 2. The number of carbonyl (C=O) groups is 1. The molecule has 70 valence electrons. The molecule has 1 aromatic rings. The molecule has 0 bridgehead atoms. The molecule has 5 heteroatoms. The zero-order valence-corrected chi connectivity index (χ0v) is 7.27. The van der Waals surface area contributed by atoms with Gasteiger partial charge in [0.15, 0.2) is 0 Å². The highest BCUT2D eigenvalue weighted by molar-refractivity contribution is 5.75. The lowest BCUT2D eigenvalue weighted by Gasteiger charge is -2.07. The van der Waals surface area contributed by atoms with E-state index in [1.165, 1.54) is 0 Å². The van der Waals surface area contributed by atoms with Gasteiger partial charge in [0.25, 0.3) is 0 Å². The fourth-order valence-corrected chi connectivity index (χ4v) is 0.943. The van der Waals surface area contributed by atoms with E-state index in [4.69, 9.17) is 10.8 Å². The number of nitrogens with two attached hydrogens (primary N) is 1. The van der Waals surface area contributed by atoms with Crippen molar-refractivity contribution in [2.24, 2.45) is 5.73 Å². The van der Waals surface area contributed by atoms with Gasteiger partial charge >= 0.3 is 5.97 Å². The zero-order valence-electron chi connectivity index (χ0n) is 7.27. The van der Waals surface area contributed by atoms with E-state index in [2.05, 4.69) is 10.2 Å². The van der Waals surface area contributed by atoms with E-state index in [-0.39, 0.29) is 6.54 Å². The summed E-state index contributed by atoms with van der Waals surface area (Å²) in [4.78, 5) is 10.7. The minimum atomic E-state index is -0.972. The summed E-state index contributed by atoms with van der Waals surface area (Å²) in [7, 11) is 0. The normalized spacial score (nSPS) is 12.5. The van der Waals surface area contributed by atoms with Gasteiger partial charge in [-0.25, -0.2) is 0 Å². The third-order valence-corrected chi connectivity index (χ3v) is 1.71. The van der Waals surface area contributed by atoms with Crippen LogP contribution in [0.4, 0.5) is 0 Å². The van der Waals surface area contributed by atoms with Gasteiger partial charge in [-0.2, -0.15) is 10.2 Å². The molecule has 0 saturated carbocycles. The van der Waals surface area contributed by atoms with Crippen LogP contribution in [0.15, 0.2) is 12.1 Å². The molecule has 0 aromatic carbocycles. The Morgan fingerprint density at radius 2 is 2.31 bits per heavy atom. The molecule has 0 aliphatic rings. The molecule has 0 spiro atoms. The van der Waals surface area contributed by atoms with E-state index in [0.717, 1.165) is 5.69 Å². The van der Waals surface area contributed by atoms with Gasteiger partial charge in [0, 0.05) is 6.54 Å². The zero-order chi connectivity index (χ0) is 9.84. The maximum Gasteiger partial charge on any atom is 0.313 e. The van der Waals surface area contributed by atoms with Crippen molar-refractivity contribution >= 4 is 5.97 Å². The molecule has 0 aliphatic heterocycles. The van der Waals surface area contributed by atoms with Crippen molar-refractivity contribution in [1.82, 2.24) is 10.2 Å². The Labute approximate surface area is 75.6 Å². The van der Waals surface area contributed by atoms with Gasteiger partial charge in [-0.3, -0.25) is 4.79 Å². The number of aromatic nitrogens is 2. The van der Waals surface area contributed by atoms with Gasteiger partial charge in [0.2, 0.25) is 0 Å². The van der Waals surface area contributed by atoms with E-state index in [1.54, 1.807) is 19.1 Å². The van der Waals surface area contributed by atoms with Gasteiger partial charge in [-0.1, -0.05) is 0 Å². The molecule has 13 heavy (non-hydrogen) atoms. The quantitative estimate of drug-likeness (QED) is 0.680. The fourth-order valence-electron chi connectivity index (χ4n) is 0.943. The molecule has 0 aliphatic carbocycles. The summed E-state index contributed by atoms with van der Waals surface area (Å²) in [6.45, 7) is 1.82. The van der Waals surface area contributed by atoms with Gasteiger partial charge < -0.3 is 10.8 Å². The van der Waals surface area contributed by atoms with Crippen LogP contribution in [0.3, 0.4) is 0 Å². The van der Waals surface area contributed by atoms with E-state index in [1.807, 2.05) is 0 Å². The Hall–Kier alpha value is -1.49. The number of carboxylic acid groups (broad SMARTS) is 1.